The first-order chi connectivity index (χ1) is 12.7. The molecule has 0 bridgehead atoms. The predicted molar refractivity (Wildman–Crippen MR) is 116 cm³/mol. The van der Waals surface area contributed by atoms with Gasteiger partial charge in [0.05, 0.1) is 0 Å². The van der Waals surface area contributed by atoms with E-state index in [1.165, 1.54) is 54.6 Å². The molecule has 0 saturated carbocycles. The highest BCUT2D eigenvalue weighted by atomic mass is 14.2. The van der Waals surface area contributed by atoms with Crippen LogP contribution in [0.15, 0.2) is 72.8 Å². The van der Waals surface area contributed by atoms with Crippen LogP contribution in [-0.2, 0) is 0 Å². The van der Waals surface area contributed by atoms with E-state index in [4.69, 9.17) is 0 Å². The van der Waals surface area contributed by atoms with Gasteiger partial charge in [0.25, 0.3) is 0 Å². The molecule has 0 aromatic heterocycles. The predicted octanol–water partition coefficient (Wildman–Crippen LogP) is 7.89. The zero-order chi connectivity index (χ0) is 18.3. The van der Waals surface area contributed by atoms with Crippen molar-refractivity contribution in [3.8, 4) is 11.1 Å². The van der Waals surface area contributed by atoms with Crippen LogP contribution in [0.5, 0.6) is 0 Å². The van der Waals surface area contributed by atoms with Crippen molar-refractivity contribution in [2.75, 3.05) is 0 Å². The first-order valence-corrected chi connectivity index (χ1v) is 9.46. The van der Waals surface area contributed by atoms with E-state index in [-0.39, 0.29) is 0 Å². The summed E-state index contributed by atoms with van der Waals surface area (Å²) in [7, 11) is 0. The second-order valence-corrected chi connectivity index (χ2v) is 6.85. The molecule has 0 aliphatic rings. The Morgan fingerprint density at radius 2 is 1.12 bits per heavy atom. The molecular weight excluding hydrogens is 312 g/mol. The molecule has 5 rings (SSSR count). The summed E-state index contributed by atoms with van der Waals surface area (Å²) in [5, 5.41) is 8.17. The maximum Gasteiger partial charge on any atom is -0.00204 e. The summed E-state index contributed by atoms with van der Waals surface area (Å²) >= 11 is 0. The lowest BCUT2D eigenvalue weighted by Gasteiger charge is -2.16. The van der Waals surface area contributed by atoms with Gasteiger partial charge in [-0.2, -0.15) is 0 Å². The Balaban J connectivity index is 0.000000814. The lowest BCUT2D eigenvalue weighted by Crippen LogP contribution is -1.90. The fourth-order valence-corrected chi connectivity index (χ4v) is 4.08. The zero-order valence-corrected chi connectivity index (χ0v) is 15.9. The van der Waals surface area contributed by atoms with Crippen LogP contribution in [0.1, 0.15) is 25.0 Å². The van der Waals surface area contributed by atoms with Gasteiger partial charge in [0.15, 0.2) is 0 Å². The van der Waals surface area contributed by atoms with Crippen molar-refractivity contribution in [3.63, 3.8) is 0 Å². The van der Waals surface area contributed by atoms with Gasteiger partial charge in [-0.25, -0.2) is 0 Å². The second kappa shape index (κ2) is 6.46. The average molecular weight is 336 g/mol. The second-order valence-electron chi connectivity index (χ2n) is 6.85. The van der Waals surface area contributed by atoms with E-state index in [1.54, 1.807) is 0 Å². The summed E-state index contributed by atoms with van der Waals surface area (Å²) < 4.78 is 0. The Labute approximate surface area is 155 Å². The Bertz CT molecular complexity index is 1200. The minimum atomic E-state index is 1.29. The molecule has 5 aromatic carbocycles. The van der Waals surface area contributed by atoms with Gasteiger partial charge in [-0.15, -0.1) is 0 Å². The highest BCUT2D eigenvalue weighted by Gasteiger charge is 2.13. The minimum absolute atomic E-state index is 1.29. The van der Waals surface area contributed by atoms with Crippen molar-refractivity contribution in [3.05, 3.63) is 83.9 Å². The molecule has 0 unspecified atom stereocenters. The van der Waals surface area contributed by atoms with Gasteiger partial charge in [-0.3, -0.25) is 0 Å². The van der Waals surface area contributed by atoms with Crippen molar-refractivity contribution in [1.82, 2.24) is 0 Å². The van der Waals surface area contributed by atoms with Crippen molar-refractivity contribution in [2.45, 2.75) is 27.7 Å². The first-order valence-electron chi connectivity index (χ1n) is 9.46. The van der Waals surface area contributed by atoms with E-state index in [0.29, 0.717) is 0 Å². The standard InChI is InChI=1S/C24H18.C2H6/c1-15-10-18-8-9-19-11-16(2)13-22-21(17-6-4-3-5-7-17)14-20(12-15)23(18)24(19)22;1-2/h3-14H,1-2H3;1-2H3. The van der Waals surface area contributed by atoms with Crippen LogP contribution in [0.2, 0.25) is 0 Å². The fourth-order valence-electron chi connectivity index (χ4n) is 4.08. The smallest absolute Gasteiger partial charge is 0.00204 e. The molecule has 0 radical (unpaired) electrons. The topological polar surface area (TPSA) is 0 Å². The Morgan fingerprint density at radius 3 is 1.81 bits per heavy atom. The van der Waals surface area contributed by atoms with Crippen LogP contribution in [0.25, 0.3) is 43.4 Å². The number of aryl methyl sites for hydroxylation is 2. The maximum absolute atomic E-state index is 2.37. The van der Waals surface area contributed by atoms with Crippen LogP contribution in [0.4, 0.5) is 0 Å². The largest absolute Gasteiger partial charge is 0.0683 e. The summed E-state index contributed by atoms with van der Waals surface area (Å²) in [4.78, 5) is 0. The minimum Gasteiger partial charge on any atom is -0.0683 e. The van der Waals surface area contributed by atoms with Crippen LogP contribution in [0.3, 0.4) is 0 Å². The maximum atomic E-state index is 2.37. The molecule has 26 heavy (non-hydrogen) atoms. The molecule has 5 aromatic rings. The Kier molecular flexibility index (Phi) is 4.12. The van der Waals surface area contributed by atoms with Crippen LogP contribution in [-0.4, -0.2) is 0 Å². The van der Waals surface area contributed by atoms with E-state index >= 15 is 0 Å². The normalized spacial score (nSPS) is 11.1. The lowest BCUT2D eigenvalue weighted by atomic mass is 9.87. The summed E-state index contributed by atoms with van der Waals surface area (Å²) in [5.41, 5.74) is 5.24. The molecule has 0 heterocycles. The third-order valence-electron chi connectivity index (χ3n) is 5.02. The summed E-state index contributed by atoms with van der Waals surface area (Å²) in [6.45, 7) is 8.37. The lowest BCUT2D eigenvalue weighted by molar-refractivity contribution is 1.50. The van der Waals surface area contributed by atoms with E-state index < -0.39 is 0 Å². The molecular formula is C26H24. The molecule has 0 aliphatic heterocycles. The van der Waals surface area contributed by atoms with Crippen LogP contribution in [0, 0.1) is 13.8 Å². The summed E-state index contributed by atoms with van der Waals surface area (Å²) in [6, 6.07) is 26.9. The van der Waals surface area contributed by atoms with E-state index in [0.717, 1.165) is 0 Å². The molecule has 0 N–H and O–H groups in total. The molecule has 0 atom stereocenters. The Hall–Kier alpha value is -2.86. The van der Waals surface area contributed by atoms with Crippen molar-refractivity contribution in [2.24, 2.45) is 0 Å². The third kappa shape index (κ3) is 2.54. The van der Waals surface area contributed by atoms with E-state index in [2.05, 4.69) is 86.6 Å². The monoisotopic (exact) mass is 336 g/mol. The van der Waals surface area contributed by atoms with Gasteiger partial charge >= 0.3 is 0 Å². The summed E-state index contributed by atoms with van der Waals surface area (Å²) in [5.74, 6) is 0. The van der Waals surface area contributed by atoms with Gasteiger partial charge < -0.3 is 0 Å². The molecule has 128 valence electrons. The average Bonchev–Trinajstić information content (AvgIpc) is 2.67. The number of hydrogen-bond donors (Lipinski definition) is 0. The van der Waals surface area contributed by atoms with Gasteiger partial charge in [0.2, 0.25) is 0 Å². The number of rotatable bonds is 1. The SMILES string of the molecule is CC.Cc1cc2ccc3cc(C)cc4c(-c5ccccc5)cc(c1)c2c34. The van der Waals surface area contributed by atoms with Gasteiger partial charge in [0, 0.05) is 0 Å². The quantitative estimate of drug-likeness (QED) is 0.273. The van der Waals surface area contributed by atoms with Gasteiger partial charge in [-0.1, -0.05) is 80.6 Å². The first kappa shape index (κ1) is 16.6. The number of hydrogen-bond acceptors (Lipinski definition) is 0. The number of benzene rings is 5. The fraction of sp³-hybridized carbons (Fsp3) is 0.154. The Morgan fingerprint density at radius 1 is 0.538 bits per heavy atom. The molecule has 0 nitrogen and oxygen atoms in total. The molecule has 0 spiro atoms. The molecule has 0 aliphatic carbocycles. The van der Waals surface area contributed by atoms with Crippen molar-refractivity contribution >= 4 is 32.3 Å². The highest BCUT2D eigenvalue weighted by molar-refractivity contribution is 6.26. The van der Waals surface area contributed by atoms with Gasteiger partial charge in [0.1, 0.15) is 0 Å². The van der Waals surface area contributed by atoms with Crippen molar-refractivity contribution < 1.29 is 0 Å². The van der Waals surface area contributed by atoms with E-state index in [9.17, 15) is 0 Å². The molecule has 0 saturated heterocycles. The molecule has 0 amide bonds. The highest BCUT2D eigenvalue weighted by Crippen LogP contribution is 2.41. The molecule has 0 heteroatoms. The van der Waals surface area contributed by atoms with E-state index in [1.807, 2.05) is 13.8 Å². The van der Waals surface area contributed by atoms with Crippen molar-refractivity contribution in [1.29, 1.82) is 0 Å². The third-order valence-corrected chi connectivity index (χ3v) is 5.02. The van der Waals surface area contributed by atoms with Crippen LogP contribution < -0.4 is 0 Å². The molecule has 0 fully saturated rings. The summed E-state index contributed by atoms with van der Waals surface area (Å²) in [6.07, 6.45) is 0. The van der Waals surface area contributed by atoms with Crippen LogP contribution >= 0.6 is 0 Å². The zero-order valence-electron chi connectivity index (χ0n) is 15.9. The van der Waals surface area contributed by atoms with Gasteiger partial charge in [-0.05, 0) is 74.5 Å².